The Morgan fingerprint density at radius 3 is 3.07 bits per heavy atom. The number of benzene rings is 1. The van der Waals surface area contributed by atoms with Crippen LogP contribution in [0.1, 0.15) is 5.56 Å². The molecule has 0 radical (unpaired) electrons. The molecule has 15 heavy (non-hydrogen) atoms. The molecule has 2 aromatic rings. The monoisotopic (exact) mass is 203 g/mol. The van der Waals surface area contributed by atoms with Crippen LogP contribution in [0.15, 0.2) is 28.0 Å². The van der Waals surface area contributed by atoms with Crippen LogP contribution in [0, 0.1) is 0 Å². The van der Waals surface area contributed by atoms with E-state index in [1.807, 2.05) is 12.1 Å². The van der Waals surface area contributed by atoms with Crippen molar-refractivity contribution >= 4 is 17.1 Å². The van der Waals surface area contributed by atoms with Gasteiger partial charge < -0.3 is 4.98 Å². The van der Waals surface area contributed by atoms with Crippen LogP contribution in [0.5, 0.6) is 0 Å². The highest BCUT2D eigenvalue weighted by Gasteiger charge is 2.02. The molecule has 5 nitrogen and oxygen atoms in total. The standard InChI is InChI=1S/C10H9N3O2/c1-13-9-3-2-7(5-11-6-14)4-8(9)12-10(13)15/h2-4H,5H2,1H3,(H,12,15). The Hall–Kier alpha value is -2.13. The van der Waals surface area contributed by atoms with E-state index in [2.05, 4.69) is 9.98 Å². The Labute approximate surface area is 85.1 Å². The summed E-state index contributed by atoms with van der Waals surface area (Å²) in [6.45, 7) is 0.288. The van der Waals surface area contributed by atoms with Gasteiger partial charge in [0, 0.05) is 7.05 Å². The van der Waals surface area contributed by atoms with Crippen molar-refractivity contribution in [1.29, 1.82) is 0 Å². The number of rotatable bonds is 2. The fraction of sp³-hybridized carbons (Fsp3) is 0.200. The van der Waals surface area contributed by atoms with Gasteiger partial charge in [0.25, 0.3) is 0 Å². The van der Waals surface area contributed by atoms with E-state index in [0.29, 0.717) is 0 Å². The number of aryl methyl sites for hydroxylation is 1. The normalized spacial score (nSPS) is 10.2. The fourth-order valence-corrected chi connectivity index (χ4v) is 1.51. The zero-order chi connectivity index (χ0) is 10.8. The number of isocyanates is 1. The lowest BCUT2D eigenvalue weighted by atomic mass is 10.2. The van der Waals surface area contributed by atoms with Crippen molar-refractivity contribution in [3.8, 4) is 0 Å². The van der Waals surface area contributed by atoms with Gasteiger partial charge in [-0.05, 0) is 17.7 Å². The number of fused-ring (bicyclic) bond motifs is 1. The zero-order valence-corrected chi connectivity index (χ0v) is 8.15. The van der Waals surface area contributed by atoms with Gasteiger partial charge in [-0.2, -0.15) is 0 Å². The number of nitrogens with one attached hydrogen (secondary N) is 1. The third-order valence-electron chi connectivity index (χ3n) is 2.29. The first-order chi connectivity index (χ1) is 7.22. The lowest BCUT2D eigenvalue weighted by molar-refractivity contribution is 0.563. The van der Waals surface area contributed by atoms with Gasteiger partial charge >= 0.3 is 5.69 Å². The maximum absolute atomic E-state index is 11.3. The van der Waals surface area contributed by atoms with Crippen LogP contribution in [0.2, 0.25) is 0 Å². The number of hydrogen-bond acceptors (Lipinski definition) is 3. The SMILES string of the molecule is Cn1c(=O)[nH]c2cc(CN=C=O)ccc21. The molecule has 0 amide bonds. The van der Waals surface area contributed by atoms with Gasteiger partial charge in [-0.25, -0.2) is 14.6 Å². The molecule has 2 rings (SSSR count). The van der Waals surface area contributed by atoms with Crippen molar-refractivity contribution < 1.29 is 4.79 Å². The van der Waals surface area contributed by atoms with E-state index in [-0.39, 0.29) is 12.2 Å². The maximum Gasteiger partial charge on any atom is 0.326 e. The van der Waals surface area contributed by atoms with Gasteiger partial charge in [-0.3, -0.25) is 4.57 Å². The van der Waals surface area contributed by atoms with Crippen LogP contribution in [0.3, 0.4) is 0 Å². The molecular weight excluding hydrogens is 194 g/mol. The molecular formula is C10H9N3O2. The first-order valence-corrected chi connectivity index (χ1v) is 4.43. The average Bonchev–Trinajstić information content (AvgIpc) is 2.52. The predicted molar refractivity (Wildman–Crippen MR) is 55.4 cm³/mol. The number of H-pyrrole nitrogens is 1. The van der Waals surface area contributed by atoms with E-state index >= 15 is 0 Å². The summed E-state index contributed by atoms with van der Waals surface area (Å²) in [5.41, 5.74) is 2.30. The number of aromatic amines is 1. The van der Waals surface area contributed by atoms with Gasteiger partial charge in [0.05, 0.1) is 17.6 Å². The molecule has 0 saturated carbocycles. The average molecular weight is 203 g/mol. The highest BCUT2D eigenvalue weighted by molar-refractivity contribution is 5.75. The Kier molecular flexibility index (Phi) is 2.23. The number of carbonyl (C=O) groups excluding carboxylic acids is 1. The molecule has 0 aliphatic heterocycles. The third kappa shape index (κ3) is 1.60. The minimum atomic E-state index is -0.152. The number of imidazole rings is 1. The summed E-state index contributed by atoms with van der Waals surface area (Å²) in [7, 11) is 1.70. The van der Waals surface area contributed by atoms with Crippen molar-refractivity contribution in [2.45, 2.75) is 6.54 Å². The largest absolute Gasteiger partial charge is 0.326 e. The molecule has 1 aromatic carbocycles. The molecule has 0 aliphatic carbocycles. The van der Waals surface area contributed by atoms with Crippen LogP contribution in [0.4, 0.5) is 0 Å². The van der Waals surface area contributed by atoms with Crippen LogP contribution >= 0.6 is 0 Å². The Balaban J connectivity index is 2.56. The van der Waals surface area contributed by atoms with Crippen molar-refractivity contribution in [3.63, 3.8) is 0 Å². The molecule has 0 fully saturated rings. The number of hydrogen-bond donors (Lipinski definition) is 1. The molecule has 1 heterocycles. The fourth-order valence-electron chi connectivity index (χ4n) is 1.51. The number of nitrogens with zero attached hydrogens (tertiary/aromatic N) is 2. The minimum Gasteiger partial charge on any atom is -0.306 e. The molecule has 0 unspecified atom stereocenters. The third-order valence-corrected chi connectivity index (χ3v) is 2.29. The van der Waals surface area contributed by atoms with Gasteiger partial charge in [-0.1, -0.05) is 6.07 Å². The van der Waals surface area contributed by atoms with Crippen LogP contribution < -0.4 is 5.69 Å². The molecule has 5 heteroatoms. The summed E-state index contributed by atoms with van der Waals surface area (Å²) in [6, 6.07) is 5.46. The highest BCUT2D eigenvalue weighted by atomic mass is 16.1. The van der Waals surface area contributed by atoms with Crippen molar-refractivity contribution in [3.05, 3.63) is 34.2 Å². The van der Waals surface area contributed by atoms with E-state index in [4.69, 9.17) is 0 Å². The predicted octanol–water partition coefficient (Wildman–Crippen LogP) is 0.702. The number of aromatic nitrogens is 2. The first-order valence-electron chi connectivity index (χ1n) is 4.43. The van der Waals surface area contributed by atoms with E-state index in [1.165, 1.54) is 10.6 Å². The van der Waals surface area contributed by atoms with Gasteiger partial charge in [0.1, 0.15) is 0 Å². The van der Waals surface area contributed by atoms with Crippen molar-refractivity contribution in [2.24, 2.45) is 12.0 Å². The van der Waals surface area contributed by atoms with Crippen LogP contribution in [-0.2, 0) is 18.4 Å². The molecule has 0 saturated heterocycles. The summed E-state index contributed by atoms with van der Waals surface area (Å²) >= 11 is 0. The Morgan fingerprint density at radius 2 is 2.33 bits per heavy atom. The zero-order valence-electron chi connectivity index (χ0n) is 8.15. The summed E-state index contributed by atoms with van der Waals surface area (Å²) in [5, 5.41) is 0. The Bertz CT molecular complexity index is 603. The molecule has 0 spiro atoms. The van der Waals surface area contributed by atoms with Crippen molar-refractivity contribution in [2.75, 3.05) is 0 Å². The molecule has 0 bridgehead atoms. The van der Waals surface area contributed by atoms with E-state index in [1.54, 1.807) is 13.1 Å². The first kappa shape index (κ1) is 9.43. The molecule has 1 N–H and O–H groups in total. The van der Waals surface area contributed by atoms with Crippen LogP contribution in [0.25, 0.3) is 11.0 Å². The van der Waals surface area contributed by atoms with E-state index in [9.17, 15) is 9.59 Å². The lowest BCUT2D eigenvalue weighted by Gasteiger charge is -1.96. The second-order valence-corrected chi connectivity index (χ2v) is 3.25. The smallest absolute Gasteiger partial charge is 0.306 e. The van der Waals surface area contributed by atoms with E-state index < -0.39 is 0 Å². The lowest BCUT2D eigenvalue weighted by Crippen LogP contribution is -2.11. The summed E-state index contributed by atoms with van der Waals surface area (Å²) in [5.74, 6) is 0. The van der Waals surface area contributed by atoms with Crippen LogP contribution in [-0.4, -0.2) is 15.6 Å². The summed E-state index contributed by atoms with van der Waals surface area (Å²) in [4.78, 5) is 27.4. The molecule has 76 valence electrons. The molecule has 1 aromatic heterocycles. The van der Waals surface area contributed by atoms with E-state index in [0.717, 1.165) is 16.6 Å². The Morgan fingerprint density at radius 1 is 1.53 bits per heavy atom. The summed E-state index contributed by atoms with van der Waals surface area (Å²) < 4.78 is 1.53. The van der Waals surface area contributed by atoms with Gasteiger partial charge in [0.2, 0.25) is 6.08 Å². The quantitative estimate of drug-likeness (QED) is 0.576. The minimum absolute atomic E-state index is 0.152. The second-order valence-electron chi connectivity index (χ2n) is 3.25. The molecule has 0 atom stereocenters. The molecule has 0 aliphatic rings. The van der Waals surface area contributed by atoms with Gasteiger partial charge in [-0.15, -0.1) is 0 Å². The second kappa shape index (κ2) is 3.55. The number of aliphatic imine (C=N–C) groups is 1. The maximum atomic E-state index is 11.3. The van der Waals surface area contributed by atoms with Gasteiger partial charge in [0.15, 0.2) is 0 Å². The summed E-state index contributed by atoms with van der Waals surface area (Å²) in [6.07, 6.45) is 1.48. The highest BCUT2D eigenvalue weighted by Crippen LogP contribution is 2.12. The topological polar surface area (TPSA) is 67.2 Å². The van der Waals surface area contributed by atoms with Crippen molar-refractivity contribution in [1.82, 2.24) is 9.55 Å².